The number of methoxy groups -OCH3 is 1. The van der Waals surface area contributed by atoms with Crippen molar-refractivity contribution in [3.05, 3.63) is 0 Å². The molecule has 0 spiro atoms. The van der Waals surface area contributed by atoms with Crippen molar-refractivity contribution in [2.45, 2.75) is 56.1 Å². The van der Waals surface area contributed by atoms with Crippen LogP contribution in [0.15, 0.2) is 0 Å². The van der Waals surface area contributed by atoms with Crippen LogP contribution in [0.5, 0.6) is 0 Å². The summed E-state index contributed by atoms with van der Waals surface area (Å²) >= 11 is 3.70. The van der Waals surface area contributed by atoms with E-state index in [1.165, 1.54) is 0 Å². The summed E-state index contributed by atoms with van der Waals surface area (Å²) in [5, 5.41) is 3.62. The van der Waals surface area contributed by atoms with E-state index in [4.69, 9.17) is 4.74 Å². The summed E-state index contributed by atoms with van der Waals surface area (Å²) in [5.74, 6) is 0. The van der Waals surface area contributed by atoms with Crippen LogP contribution in [0.4, 0.5) is 0 Å². The average molecular weight is 250 g/mol. The fraction of sp³-hybridized carbons (Fsp3) is 1.00. The molecule has 13 heavy (non-hydrogen) atoms. The molecule has 1 aliphatic rings. The molecule has 0 aromatic heterocycles. The lowest BCUT2D eigenvalue weighted by Gasteiger charge is -2.49. The van der Waals surface area contributed by atoms with Crippen LogP contribution in [0.25, 0.3) is 0 Å². The van der Waals surface area contributed by atoms with Crippen LogP contribution in [-0.2, 0) is 4.74 Å². The van der Waals surface area contributed by atoms with Gasteiger partial charge in [-0.25, -0.2) is 0 Å². The first-order valence-electron chi connectivity index (χ1n) is 4.75. The molecule has 2 nitrogen and oxygen atoms in total. The number of halogens is 1. The molecule has 0 aromatic carbocycles. The number of piperidine rings is 1. The highest BCUT2D eigenvalue weighted by Crippen LogP contribution is 2.34. The monoisotopic (exact) mass is 249 g/mol. The minimum atomic E-state index is 0.0857. The first-order chi connectivity index (χ1) is 5.78. The molecule has 0 aromatic rings. The highest BCUT2D eigenvalue weighted by atomic mass is 79.9. The fourth-order valence-electron chi connectivity index (χ4n) is 2.27. The minimum Gasteiger partial charge on any atom is -0.380 e. The standard InChI is InChI=1S/C10H20BrNO/c1-9(2)6-7(13-5)8(11)10(3,4)12-9/h7-8,12H,6H2,1-5H3. The average Bonchev–Trinajstić information content (AvgIpc) is 1.95. The number of hydrogen-bond acceptors (Lipinski definition) is 2. The van der Waals surface area contributed by atoms with E-state index in [-0.39, 0.29) is 11.1 Å². The van der Waals surface area contributed by atoms with Crippen LogP contribution in [-0.4, -0.2) is 29.1 Å². The molecular weight excluding hydrogens is 230 g/mol. The lowest BCUT2D eigenvalue weighted by molar-refractivity contribution is 0.0146. The van der Waals surface area contributed by atoms with Gasteiger partial charge in [0, 0.05) is 18.2 Å². The zero-order valence-electron chi connectivity index (χ0n) is 9.15. The Balaban J connectivity index is 2.81. The summed E-state index contributed by atoms with van der Waals surface area (Å²) in [5.41, 5.74) is 0.247. The largest absolute Gasteiger partial charge is 0.380 e. The molecule has 0 bridgehead atoms. The number of hydrogen-bond donors (Lipinski definition) is 1. The normalized spacial score (nSPS) is 37.4. The van der Waals surface area contributed by atoms with E-state index in [1.807, 2.05) is 0 Å². The topological polar surface area (TPSA) is 21.3 Å². The molecule has 1 rings (SSSR count). The lowest BCUT2D eigenvalue weighted by Crippen LogP contribution is -2.65. The Kier molecular flexibility index (Phi) is 3.11. The van der Waals surface area contributed by atoms with E-state index in [0.29, 0.717) is 10.9 Å². The molecule has 1 N–H and O–H groups in total. The van der Waals surface area contributed by atoms with Crippen molar-refractivity contribution < 1.29 is 4.74 Å². The van der Waals surface area contributed by atoms with Gasteiger partial charge in [0.05, 0.1) is 10.9 Å². The highest BCUT2D eigenvalue weighted by molar-refractivity contribution is 9.09. The summed E-state index contributed by atoms with van der Waals surface area (Å²) in [6.45, 7) is 8.86. The third-order valence-electron chi connectivity index (χ3n) is 2.69. The summed E-state index contributed by atoms with van der Waals surface area (Å²) in [6.07, 6.45) is 1.34. The summed E-state index contributed by atoms with van der Waals surface area (Å²) in [4.78, 5) is 0.373. The van der Waals surface area contributed by atoms with Crippen LogP contribution in [0, 0.1) is 0 Å². The number of nitrogens with one attached hydrogen (secondary N) is 1. The van der Waals surface area contributed by atoms with Gasteiger partial charge in [0.25, 0.3) is 0 Å². The summed E-state index contributed by atoms with van der Waals surface area (Å²) < 4.78 is 5.49. The van der Waals surface area contributed by atoms with E-state index >= 15 is 0 Å². The number of alkyl halides is 1. The maximum Gasteiger partial charge on any atom is 0.0731 e. The molecule has 0 saturated carbocycles. The smallest absolute Gasteiger partial charge is 0.0731 e. The second-order valence-electron chi connectivity index (χ2n) is 5.11. The molecule has 0 amide bonds. The zero-order valence-corrected chi connectivity index (χ0v) is 10.7. The van der Waals surface area contributed by atoms with E-state index < -0.39 is 0 Å². The first kappa shape index (κ1) is 11.5. The minimum absolute atomic E-state index is 0.0857. The van der Waals surface area contributed by atoms with Crippen LogP contribution in [0.1, 0.15) is 34.1 Å². The predicted octanol–water partition coefficient (Wildman–Crippen LogP) is 2.32. The Bertz CT molecular complexity index is 191. The Morgan fingerprint density at radius 1 is 1.31 bits per heavy atom. The van der Waals surface area contributed by atoms with Crippen molar-refractivity contribution in [2.75, 3.05) is 7.11 Å². The molecular formula is C10H20BrNO. The van der Waals surface area contributed by atoms with Crippen LogP contribution in [0.2, 0.25) is 0 Å². The molecule has 0 aliphatic carbocycles. The molecule has 1 aliphatic heterocycles. The van der Waals surface area contributed by atoms with Crippen molar-refractivity contribution in [3.63, 3.8) is 0 Å². The van der Waals surface area contributed by atoms with E-state index in [1.54, 1.807) is 7.11 Å². The molecule has 78 valence electrons. The quantitative estimate of drug-likeness (QED) is 0.721. The third kappa shape index (κ3) is 2.45. The van der Waals surface area contributed by atoms with Gasteiger partial charge in [-0.2, -0.15) is 0 Å². The van der Waals surface area contributed by atoms with Gasteiger partial charge in [0.2, 0.25) is 0 Å². The van der Waals surface area contributed by atoms with Gasteiger partial charge in [0.15, 0.2) is 0 Å². The highest BCUT2D eigenvalue weighted by Gasteiger charge is 2.44. The van der Waals surface area contributed by atoms with Gasteiger partial charge < -0.3 is 10.1 Å². The molecule has 0 radical (unpaired) electrons. The van der Waals surface area contributed by atoms with E-state index in [0.717, 1.165) is 6.42 Å². The second-order valence-corrected chi connectivity index (χ2v) is 6.10. The molecule has 1 fully saturated rings. The SMILES string of the molecule is COC1CC(C)(C)NC(C)(C)C1Br. The van der Waals surface area contributed by atoms with Crippen LogP contribution in [0.3, 0.4) is 0 Å². The Labute approximate surface area is 89.5 Å². The van der Waals surface area contributed by atoms with E-state index in [2.05, 4.69) is 48.9 Å². The van der Waals surface area contributed by atoms with Crippen LogP contribution >= 0.6 is 15.9 Å². The van der Waals surface area contributed by atoms with Gasteiger partial charge in [-0.15, -0.1) is 0 Å². The second kappa shape index (κ2) is 3.52. The Morgan fingerprint density at radius 3 is 2.31 bits per heavy atom. The summed E-state index contributed by atoms with van der Waals surface area (Å²) in [6, 6.07) is 0. The van der Waals surface area contributed by atoms with Gasteiger partial charge in [-0.1, -0.05) is 15.9 Å². The molecule has 3 heteroatoms. The van der Waals surface area contributed by atoms with Gasteiger partial charge in [-0.3, -0.25) is 0 Å². The lowest BCUT2D eigenvalue weighted by atomic mass is 9.81. The van der Waals surface area contributed by atoms with Crippen molar-refractivity contribution in [3.8, 4) is 0 Å². The van der Waals surface area contributed by atoms with Gasteiger partial charge in [-0.05, 0) is 34.1 Å². The van der Waals surface area contributed by atoms with E-state index in [9.17, 15) is 0 Å². The number of ether oxygens (including phenoxy) is 1. The van der Waals surface area contributed by atoms with Gasteiger partial charge in [0.1, 0.15) is 0 Å². The number of rotatable bonds is 1. The predicted molar refractivity (Wildman–Crippen MR) is 59.4 cm³/mol. The Hall–Kier alpha value is 0.400. The maximum atomic E-state index is 5.49. The maximum absolute atomic E-state index is 5.49. The van der Waals surface area contributed by atoms with Crippen LogP contribution < -0.4 is 5.32 Å². The van der Waals surface area contributed by atoms with Crippen molar-refractivity contribution in [1.29, 1.82) is 0 Å². The molecule has 2 unspecified atom stereocenters. The summed E-state index contributed by atoms with van der Waals surface area (Å²) in [7, 11) is 1.79. The van der Waals surface area contributed by atoms with Crippen molar-refractivity contribution >= 4 is 15.9 Å². The van der Waals surface area contributed by atoms with Gasteiger partial charge >= 0.3 is 0 Å². The molecule has 1 heterocycles. The van der Waals surface area contributed by atoms with Crippen molar-refractivity contribution in [1.82, 2.24) is 5.32 Å². The Morgan fingerprint density at radius 2 is 1.85 bits per heavy atom. The molecule has 1 saturated heterocycles. The first-order valence-corrected chi connectivity index (χ1v) is 5.66. The third-order valence-corrected chi connectivity index (χ3v) is 4.42. The van der Waals surface area contributed by atoms with Crippen molar-refractivity contribution in [2.24, 2.45) is 0 Å². The molecule has 2 atom stereocenters. The zero-order chi connectivity index (χ0) is 10.3. The fourth-order valence-corrected chi connectivity index (χ4v) is 2.78.